The molecule has 0 atom stereocenters. The number of aromatic amines is 1. The van der Waals surface area contributed by atoms with Gasteiger partial charge in [-0.3, -0.25) is 0 Å². The molecule has 0 unspecified atom stereocenters. The van der Waals surface area contributed by atoms with E-state index >= 15 is 0 Å². The Morgan fingerprint density at radius 3 is 2.67 bits per heavy atom. The fourth-order valence-corrected chi connectivity index (χ4v) is 2.70. The highest BCUT2D eigenvalue weighted by Crippen LogP contribution is 2.32. The molecule has 0 fully saturated rings. The van der Waals surface area contributed by atoms with Crippen molar-refractivity contribution in [2.45, 2.75) is 13.1 Å². The summed E-state index contributed by atoms with van der Waals surface area (Å²) in [7, 11) is 0. The highest BCUT2D eigenvalue weighted by atomic mass is 79.9. The van der Waals surface area contributed by atoms with Gasteiger partial charge in [0.2, 0.25) is 5.82 Å². The third-order valence-electron chi connectivity index (χ3n) is 3.42. The van der Waals surface area contributed by atoms with Gasteiger partial charge in [-0.25, -0.2) is 4.99 Å². The maximum Gasteiger partial charge on any atom is 0.416 e. The van der Waals surface area contributed by atoms with Crippen molar-refractivity contribution in [1.82, 2.24) is 20.6 Å². The van der Waals surface area contributed by atoms with Crippen LogP contribution in [0.25, 0.3) is 11.4 Å². The number of rotatable bonds is 3. The van der Waals surface area contributed by atoms with E-state index in [0.29, 0.717) is 15.6 Å². The average Bonchev–Trinajstić information content (AvgIpc) is 3.09. The number of anilines is 1. The summed E-state index contributed by atoms with van der Waals surface area (Å²) in [5, 5.41) is 28.0. The van der Waals surface area contributed by atoms with Gasteiger partial charge in [-0.05, 0) is 54.1 Å². The summed E-state index contributed by atoms with van der Waals surface area (Å²) in [6, 6.07) is 7.28. The second kappa shape index (κ2) is 7.35. The molecule has 0 saturated carbocycles. The van der Waals surface area contributed by atoms with Crippen LogP contribution in [0.2, 0.25) is 0 Å². The number of aliphatic imine (C=N–C) groups is 1. The zero-order valence-electron chi connectivity index (χ0n) is 13.7. The average molecular weight is 440 g/mol. The Bertz CT molecular complexity index is 988. The molecular weight excluding hydrogens is 429 g/mol. The number of hydrogen-bond donors (Lipinski definition) is 2. The molecule has 3 aromatic rings. The van der Waals surface area contributed by atoms with Gasteiger partial charge >= 0.3 is 6.18 Å². The van der Waals surface area contributed by atoms with Crippen LogP contribution in [0.5, 0.6) is 0 Å². The van der Waals surface area contributed by atoms with Gasteiger partial charge in [0.1, 0.15) is 0 Å². The van der Waals surface area contributed by atoms with Gasteiger partial charge in [-0.2, -0.15) is 18.4 Å². The molecule has 11 heteroatoms. The molecule has 1 heterocycles. The van der Waals surface area contributed by atoms with Gasteiger partial charge in [0.15, 0.2) is 0 Å². The molecule has 1 aromatic heterocycles. The predicted molar refractivity (Wildman–Crippen MR) is 94.2 cm³/mol. The molecule has 3 rings (SSSR count). The van der Waals surface area contributed by atoms with Gasteiger partial charge in [0.05, 0.1) is 17.3 Å². The first-order valence-corrected chi connectivity index (χ1v) is 8.26. The van der Waals surface area contributed by atoms with Crippen LogP contribution in [0.15, 0.2) is 45.9 Å². The highest BCUT2D eigenvalue weighted by Gasteiger charge is 2.30. The van der Waals surface area contributed by atoms with Crippen LogP contribution in [0.1, 0.15) is 11.1 Å². The van der Waals surface area contributed by atoms with Crippen molar-refractivity contribution >= 4 is 33.3 Å². The fraction of sp³-hybridized carbons (Fsp3) is 0.125. The minimum absolute atomic E-state index is 0.00528. The standard InChI is InChI=1S/C16H12BrF3N6O/c1-8-4-9(16(18,19)20)6-11(5-8)21-15(27)22-13-3-2-10(17)7-12(13)14-23-25-26-24-14/h2-7H,1H3,(H2,21,22,27)(H,23,24,25,26)/p-1. The van der Waals surface area contributed by atoms with E-state index in [1.807, 2.05) is 0 Å². The van der Waals surface area contributed by atoms with Gasteiger partial charge in [0, 0.05) is 15.7 Å². The lowest BCUT2D eigenvalue weighted by Crippen LogP contribution is -2.26. The molecular formula is C16H11BrF3N6O-. The summed E-state index contributed by atoms with van der Waals surface area (Å²) in [6.45, 7) is 1.51. The Morgan fingerprint density at radius 1 is 1.22 bits per heavy atom. The van der Waals surface area contributed by atoms with Crippen molar-refractivity contribution in [3.05, 3.63) is 52.0 Å². The van der Waals surface area contributed by atoms with E-state index in [2.05, 4.69) is 46.9 Å². The summed E-state index contributed by atoms with van der Waals surface area (Å²) in [6.07, 6.45) is -4.51. The van der Waals surface area contributed by atoms with Crippen molar-refractivity contribution in [3.8, 4) is 11.4 Å². The SMILES string of the molecule is Cc1cc(NC([O-])=Nc2ccc(Br)cc2-c2nn[nH]n2)cc(C(F)(F)F)c1. The first-order chi connectivity index (χ1) is 12.7. The topological polar surface area (TPSA) is 102 Å². The van der Waals surface area contributed by atoms with E-state index in [0.717, 1.165) is 12.1 Å². The quantitative estimate of drug-likeness (QED) is 0.480. The number of nitrogens with zero attached hydrogens (tertiary/aromatic N) is 4. The third-order valence-corrected chi connectivity index (χ3v) is 3.92. The zero-order chi connectivity index (χ0) is 19.6. The van der Waals surface area contributed by atoms with Crippen LogP contribution >= 0.6 is 15.9 Å². The summed E-state index contributed by atoms with van der Waals surface area (Å²) < 4.78 is 39.5. The molecule has 7 nitrogen and oxygen atoms in total. The number of amidine groups is 1. The van der Waals surface area contributed by atoms with Crippen LogP contribution in [0.3, 0.4) is 0 Å². The summed E-state index contributed by atoms with van der Waals surface area (Å²) >= 11 is 3.30. The molecule has 0 spiro atoms. The largest absolute Gasteiger partial charge is 0.846 e. The molecule has 0 aliphatic rings. The highest BCUT2D eigenvalue weighted by molar-refractivity contribution is 9.10. The number of tetrazole rings is 1. The molecule has 0 bridgehead atoms. The number of aromatic nitrogens is 4. The van der Waals surface area contributed by atoms with Crippen LogP contribution in [-0.4, -0.2) is 26.6 Å². The monoisotopic (exact) mass is 439 g/mol. The summed E-state index contributed by atoms with van der Waals surface area (Å²) in [5.74, 6) is 0.220. The maximum atomic E-state index is 12.9. The van der Waals surface area contributed by atoms with E-state index < -0.39 is 17.8 Å². The van der Waals surface area contributed by atoms with Gasteiger partial charge in [-0.15, -0.1) is 10.2 Å². The summed E-state index contributed by atoms with van der Waals surface area (Å²) in [4.78, 5) is 3.90. The second-order valence-electron chi connectivity index (χ2n) is 5.52. The van der Waals surface area contributed by atoms with E-state index in [-0.39, 0.29) is 17.2 Å². The van der Waals surface area contributed by atoms with E-state index in [9.17, 15) is 18.3 Å². The number of nitrogens with one attached hydrogen (secondary N) is 2. The Balaban J connectivity index is 1.93. The number of alkyl halides is 3. The zero-order valence-corrected chi connectivity index (χ0v) is 15.3. The Morgan fingerprint density at radius 2 is 2.00 bits per heavy atom. The lowest BCUT2D eigenvalue weighted by atomic mass is 10.1. The van der Waals surface area contributed by atoms with Crippen LogP contribution < -0.4 is 10.4 Å². The van der Waals surface area contributed by atoms with Crippen molar-refractivity contribution in [1.29, 1.82) is 0 Å². The Kier molecular flexibility index (Phi) is 5.13. The van der Waals surface area contributed by atoms with Crippen molar-refractivity contribution in [2.24, 2.45) is 4.99 Å². The van der Waals surface area contributed by atoms with Crippen LogP contribution in [0, 0.1) is 6.92 Å². The lowest BCUT2D eigenvalue weighted by Gasteiger charge is -2.17. The lowest BCUT2D eigenvalue weighted by molar-refractivity contribution is -0.214. The van der Waals surface area contributed by atoms with Crippen LogP contribution in [0.4, 0.5) is 24.5 Å². The van der Waals surface area contributed by atoms with E-state index in [1.54, 1.807) is 18.2 Å². The number of aryl methyl sites for hydroxylation is 1. The number of halogens is 4. The minimum atomic E-state index is -4.51. The number of benzene rings is 2. The predicted octanol–water partition coefficient (Wildman–Crippen LogP) is 3.42. The normalized spacial score (nSPS) is 12.3. The van der Waals surface area contributed by atoms with Crippen molar-refractivity contribution < 1.29 is 18.3 Å². The molecule has 0 radical (unpaired) electrons. The maximum absolute atomic E-state index is 12.9. The van der Waals surface area contributed by atoms with Gasteiger partial charge in [0.25, 0.3) is 0 Å². The second-order valence-corrected chi connectivity index (χ2v) is 6.44. The molecule has 0 aliphatic heterocycles. The van der Waals surface area contributed by atoms with E-state index in [4.69, 9.17) is 0 Å². The first kappa shape index (κ1) is 18.8. The Labute approximate surface area is 159 Å². The molecule has 27 heavy (non-hydrogen) atoms. The van der Waals surface area contributed by atoms with Crippen molar-refractivity contribution in [2.75, 3.05) is 5.32 Å². The van der Waals surface area contributed by atoms with Crippen molar-refractivity contribution in [3.63, 3.8) is 0 Å². The molecule has 0 aliphatic carbocycles. The molecule has 0 saturated heterocycles. The van der Waals surface area contributed by atoms with Gasteiger partial charge < -0.3 is 10.4 Å². The smallest absolute Gasteiger partial charge is 0.416 e. The van der Waals surface area contributed by atoms with E-state index in [1.165, 1.54) is 13.0 Å². The summed E-state index contributed by atoms with van der Waals surface area (Å²) in [5.41, 5.74) is 0.161. The van der Waals surface area contributed by atoms with Gasteiger partial charge in [-0.1, -0.05) is 15.9 Å². The Hall–Kier alpha value is -2.95. The number of H-pyrrole nitrogens is 1. The molecule has 0 amide bonds. The number of hydrogen-bond acceptors (Lipinski definition) is 5. The molecule has 2 aromatic carbocycles. The molecule has 140 valence electrons. The minimum Gasteiger partial charge on any atom is -0.846 e. The first-order valence-electron chi connectivity index (χ1n) is 7.47. The molecule has 2 N–H and O–H groups in total. The third kappa shape index (κ3) is 4.61. The van der Waals surface area contributed by atoms with Crippen LogP contribution in [-0.2, 0) is 6.18 Å². The fourth-order valence-electron chi connectivity index (χ4n) is 2.34.